The third-order valence-corrected chi connectivity index (χ3v) is 8.12. The molecule has 1 saturated carbocycles. The van der Waals surface area contributed by atoms with Crippen LogP contribution in [-0.4, -0.2) is 54.9 Å². The van der Waals surface area contributed by atoms with E-state index in [1.54, 1.807) is 25.1 Å². The van der Waals surface area contributed by atoms with E-state index in [0.717, 1.165) is 42.3 Å². The van der Waals surface area contributed by atoms with Crippen molar-refractivity contribution in [2.45, 2.75) is 51.2 Å². The molecule has 1 atom stereocenters. The lowest BCUT2D eigenvalue weighted by molar-refractivity contribution is -0.384. The first-order valence-electron chi connectivity index (χ1n) is 11.6. The SMILES string of the molecule is C[C@@H](C(=O)NC1CCCC1)N(Cc1c(Cl)cccc1Cl)C(=O)CN(c1cccc([N+](=O)[O-])c1)S(C)(=O)=O. The number of nitro groups is 1. The van der Waals surface area contributed by atoms with Crippen LogP contribution in [0.4, 0.5) is 11.4 Å². The molecule has 37 heavy (non-hydrogen) atoms. The quantitative estimate of drug-likeness (QED) is 0.337. The standard InChI is InChI=1S/C24H28Cl2N4O6S/c1-16(24(32)27-17-7-3-4-8-17)28(14-20-21(25)11-6-12-22(20)26)23(31)15-29(37(2,35)36)18-9-5-10-19(13-18)30(33)34/h5-6,9-13,16-17H,3-4,7-8,14-15H2,1-2H3,(H,27,32)/t16-/m0/s1. The topological polar surface area (TPSA) is 130 Å². The summed E-state index contributed by atoms with van der Waals surface area (Å²) in [6.45, 7) is 0.706. The van der Waals surface area contributed by atoms with Gasteiger partial charge in [0.2, 0.25) is 21.8 Å². The van der Waals surface area contributed by atoms with Gasteiger partial charge in [-0.1, -0.05) is 48.2 Å². The largest absolute Gasteiger partial charge is 0.352 e. The maximum absolute atomic E-state index is 13.6. The molecule has 10 nitrogen and oxygen atoms in total. The number of nitrogens with zero attached hydrogens (tertiary/aromatic N) is 3. The van der Waals surface area contributed by atoms with Crippen molar-refractivity contribution < 1.29 is 22.9 Å². The molecular formula is C24H28Cl2N4O6S. The number of carbonyl (C=O) groups excluding carboxylic acids is 2. The molecule has 2 aromatic carbocycles. The summed E-state index contributed by atoms with van der Waals surface area (Å²) in [5.74, 6) is -1.09. The lowest BCUT2D eigenvalue weighted by Crippen LogP contribution is -2.52. The Labute approximate surface area is 225 Å². The minimum absolute atomic E-state index is 0.00758. The summed E-state index contributed by atoms with van der Waals surface area (Å²) in [5.41, 5.74) is 0.0207. The van der Waals surface area contributed by atoms with Gasteiger partial charge in [-0.25, -0.2) is 8.42 Å². The zero-order chi connectivity index (χ0) is 27.3. The van der Waals surface area contributed by atoms with E-state index in [2.05, 4.69) is 5.32 Å². The van der Waals surface area contributed by atoms with E-state index in [4.69, 9.17) is 23.2 Å². The van der Waals surface area contributed by atoms with E-state index in [-0.39, 0.29) is 39.9 Å². The molecule has 0 heterocycles. The van der Waals surface area contributed by atoms with Gasteiger partial charge in [0.15, 0.2) is 0 Å². The zero-order valence-corrected chi connectivity index (χ0v) is 22.7. The Balaban J connectivity index is 1.95. The van der Waals surface area contributed by atoms with Gasteiger partial charge in [-0.3, -0.25) is 24.0 Å². The average Bonchev–Trinajstić information content (AvgIpc) is 3.34. The fourth-order valence-corrected chi connectivity index (χ4v) is 5.56. The summed E-state index contributed by atoms with van der Waals surface area (Å²) in [6.07, 6.45) is 4.59. The fourth-order valence-electron chi connectivity index (χ4n) is 4.20. The predicted octanol–water partition coefficient (Wildman–Crippen LogP) is 4.14. The van der Waals surface area contributed by atoms with Gasteiger partial charge >= 0.3 is 0 Å². The van der Waals surface area contributed by atoms with Crippen molar-refractivity contribution in [2.24, 2.45) is 0 Å². The summed E-state index contributed by atoms with van der Waals surface area (Å²) >= 11 is 12.7. The highest BCUT2D eigenvalue weighted by atomic mass is 35.5. The molecule has 1 N–H and O–H groups in total. The normalized spacial score (nSPS) is 14.7. The number of anilines is 1. The van der Waals surface area contributed by atoms with Crippen molar-refractivity contribution in [1.29, 1.82) is 0 Å². The van der Waals surface area contributed by atoms with Crippen molar-refractivity contribution in [1.82, 2.24) is 10.2 Å². The fraction of sp³-hybridized carbons (Fsp3) is 0.417. The number of halogens is 2. The summed E-state index contributed by atoms with van der Waals surface area (Å²) in [7, 11) is -4.03. The van der Waals surface area contributed by atoms with E-state index in [9.17, 15) is 28.1 Å². The van der Waals surface area contributed by atoms with Crippen molar-refractivity contribution in [2.75, 3.05) is 17.1 Å². The maximum atomic E-state index is 13.6. The molecular weight excluding hydrogens is 543 g/mol. The number of hydrogen-bond donors (Lipinski definition) is 1. The minimum atomic E-state index is -4.03. The molecule has 0 aliphatic heterocycles. The second kappa shape index (κ2) is 12.1. The first kappa shape index (κ1) is 28.7. The molecule has 0 unspecified atom stereocenters. The number of rotatable bonds is 10. The number of non-ortho nitro benzene ring substituents is 1. The Morgan fingerprint density at radius 3 is 2.30 bits per heavy atom. The summed E-state index contributed by atoms with van der Waals surface area (Å²) in [5, 5.41) is 14.7. The molecule has 1 aliphatic carbocycles. The third kappa shape index (κ3) is 7.33. The number of benzene rings is 2. The Hall–Kier alpha value is -2.89. The molecule has 0 radical (unpaired) electrons. The lowest BCUT2D eigenvalue weighted by atomic mass is 10.1. The lowest BCUT2D eigenvalue weighted by Gasteiger charge is -2.32. The van der Waals surface area contributed by atoms with Crippen molar-refractivity contribution >= 4 is 56.4 Å². The summed E-state index contributed by atoms with van der Waals surface area (Å²) in [6, 6.07) is 8.83. The highest BCUT2D eigenvalue weighted by molar-refractivity contribution is 7.92. The van der Waals surface area contributed by atoms with Crippen LogP contribution in [0.5, 0.6) is 0 Å². The van der Waals surface area contributed by atoms with Gasteiger partial charge in [0.25, 0.3) is 5.69 Å². The van der Waals surface area contributed by atoms with Crippen LogP contribution in [0.15, 0.2) is 42.5 Å². The molecule has 0 aromatic heterocycles. The number of amides is 2. The number of hydrogen-bond acceptors (Lipinski definition) is 6. The first-order valence-corrected chi connectivity index (χ1v) is 14.2. The minimum Gasteiger partial charge on any atom is -0.352 e. The maximum Gasteiger partial charge on any atom is 0.271 e. The number of nitrogens with one attached hydrogen (secondary N) is 1. The van der Waals surface area contributed by atoms with E-state index in [1.165, 1.54) is 23.1 Å². The van der Waals surface area contributed by atoms with Crippen LogP contribution in [0.25, 0.3) is 0 Å². The van der Waals surface area contributed by atoms with E-state index in [0.29, 0.717) is 5.56 Å². The second-order valence-corrected chi connectivity index (χ2v) is 11.7. The van der Waals surface area contributed by atoms with Crippen LogP contribution in [0.2, 0.25) is 10.0 Å². The zero-order valence-electron chi connectivity index (χ0n) is 20.4. The average molecular weight is 571 g/mol. The van der Waals surface area contributed by atoms with Gasteiger partial charge in [-0.2, -0.15) is 0 Å². The van der Waals surface area contributed by atoms with Crippen LogP contribution in [0.1, 0.15) is 38.2 Å². The van der Waals surface area contributed by atoms with Crippen LogP contribution in [-0.2, 0) is 26.2 Å². The molecule has 2 amide bonds. The van der Waals surface area contributed by atoms with E-state index < -0.39 is 33.4 Å². The van der Waals surface area contributed by atoms with Gasteiger partial charge in [-0.15, -0.1) is 0 Å². The molecule has 2 aromatic rings. The molecule has 0 saturated heterocycles. The van der Waals surface area contributed by atoms with E-state index in [1.807, 2.05) is 0 Å². The van der Waals surface area contributed by atoms with Crippen LogP contribution < -0.4 is 9.62 Å². The van der Waals surface area contributed by atoms with Crippen LogP contribution >= 0.6 is 23.2 Å². The second-order valence-electron chi connectivity index (χ2n) is 8.93. The number of carbonyl (C=O) groups is 2. The summed E-state index contributed by atoms with van der Waals surface area (Å²) < 4.78 is 26.0. The first-order chi connectivity index (χ1) is 17.4. The highest BCUT2D eigenvalue weighted by Crippen LogP contribution is 2.28. The van der Waals surface area contributed by atoms with Crippen LogP contribution in [0.3, 0.4) is 0 Å². The number of sulfonamides is 1. The predicted molar refractivity (Wildman–Crippen MR) is 142 cm³/mol. The molecule has 3 rings (SSSR count). The third-order valence-electron chi connectivity index (χ3n) is 6.27. The Kier molecular flexibility index (Phi) is 9.38. The van der Waals surface area contributed by atoms with E-state index >= 15 is 0 Å². The molecule has 0 bridgehead atoms. The Morgan fingerprint density at radius 2 is 1.73 bits per heavy atom. The highest BCUT2D eigenvalue weighted by Gasteiger charge is 2.32. The monoisotopic (exact) mass is 570 g/mol. The van der Waals surface area contributed by atoms with Crippen molar-refractivity contribution in [3.05, 3.63) is 68.2 Å². The van der Waals surface area contributed by atoms with Gasteiger partial charge in [0.05, 0.1) is 16.9 Å². The van der Waals surface area contributed by atoms with Gasteiger partial charge in [-0.05, 0) is 38.0 Å². The van der Waals surface area contributed by atoms with Gasteiger partial charge < -0.3 is 10.2 Å². The van der Waals surface area contributed by atoms with Crippen molar-refractivity contribution in [3.8, 4) is 0 Å². The van der Waals surface area contributed by atoms with Gasteiger partial charge in [0, 0.05) is 40.3 Å². The molecule has 0 spiro atoms. The molecule has 13 heteroatoms. The Morgan fingerprint density at radius 1 is 1.14 bits per heavy atom. The Bertz CT molecular complexity index is 1260. The smallest absolute Gasteiger partial charge is 0.271 e. The summed E-state index contributed by atoms with van der Waals surface area (Å²) in [4.78, 5) is 38.5. The molecule has 1 aliphatic rings. The van der Waals surface area contributed by atoms with Crippen LogP contribution in [0, 0.1) is 10.1 Å². The van der Waals surface area contributed by atoms with Gasteiger partial charge in [0.1, 0.15) is 12.6 Å². The van der Waals surface area contributed by atoms with Crippen molar-refractivity contribution in [3.63, 3.8) is 0 Å². The molecule has 1 fully saturated rings. The molecule has 200 valence electrons. The number of nitro benzene ring substituents is 1.